The van der Waals surface area contributed by atoms with E-state index in [1.54, 1.807) is 0 Å². The van der Waals surface area contributed by atoms with Crippen molar-refractivity contribution in [1.82, 2.24) is 9.97 Å². The molecule has 2 rings (SSSR count). The molecule has 1 fully saturated rings. The molecule has 0 radical (unpaired) electrons. The maximum atomic E-state index is 11.1. The molecule has 1 aromatic heterocycles. The van der Waals surface area contributed by atoms with Crippen LogP contribution in [0.15, 0.2) is 12.5 Å². The predicted molar refractivity (Wildman–Crippen MR) is 69.8 cm³/mol. The van der Waals surface area contributed by atoms with Gasteiger partial charge in [0.25, 0.3) is 0 Å². The molecule has 1 heterocycles. The van der Waals surface area contributed by atoms with Crippen LogP contribution in [-0.2, 0) is 11.3 Å². The molecular weight excluding hydrogens is 244 g/mol. The Hall–Kier alpha value is -1.49. The molecule has 5 heteroatoms. The van der Waals surface area contributed by atoms with E-state index in [1.165, 1.54) is 31.8 Å². The molecular formula is C14H20N2O3. The fourth-order valence-corrected chi connectivity index (χ4v) is 2.69. The number of ether oxygens (including phenoxy) is 1. The second-order valence-electron chi connectivity index (χ2n) is 4.99. The summed E-state index contributed by atoms with van der Waals surface area (Å²) in [6, 6.07) is 0. The highest BCUT2D eigenvalue weighted by atomic mass is 16.5. The summed E-state index contributed by atoms with van der Waals surface area (Å²) in [5.41, 5.74) is 0.592. The van der Waals surface area contributed by atoms with Crippen molar-refractivity contribution in [3.05, 3.63) is 23.8 Å². The molecule has 104 valence electrons. The Morgan fingerprint density at radius 1 is 1.47 bits per heavy atom. The van der Waals surface area contributed by atoms with Crippen molar-refractivity contribution in [1.29, 1.82) is 0 Å². The standard InChI is InChI=1S/C14H20N2O3/c1-2-10-5-3-4-6-13(10)19-8-12-11(14(17)18)7-15-9-16-12/h7,9-10,13H,2-6,8H2,1H3,(H,17,18). The van der Waals surface area contributed by atoms with Crippen LogP contribution >= 0.6 is 0 Å². The highest BCUT2D eigenvalue weighted by Gasteiger charge is 2.25. The Morgan fingerprint density at radius 3 is 3.00 bits per heavy atom. The summed E-state index contributed by atoms with van der Waals surface area (Å²) in [5.74, 6) is -0.418. The van der Waals surface area contributed by atoms with Crippen molar-refractivity contribution in [3.8, 4) is 0 Å². The zero-order valence-electron chi connectivity index (χ0n) is 11.2. The first kappa shape index (κ1) is 13.9. The fourth-order valence-electron chi connectivity index (χ4n) is 2.69. The van der Waals surface area contributed by atoms with E-state index in [0.29, 0.717) is 11.6 Å². The van der Waals surface area contributed by atoms with Gasteiger partial charge in [-0.3, -0.25) is 0 Å². The molecule has 2 unspecified atom stereocenters. The molecule has 19 heavy (non-hydrogen) atoms. The van der Waals surface area contributed by atoms with Gasteiger partial charge in [0, 0.05) is 6.20 Å². The highest BCUT2D eigenvalue weighted by molar-refractivity contribution is 5.88. The molecule has 1 aliphatic carbocycles. The van der Waals surface area contributed by atoms with Crippen LogP contribution in [0.1, 0.15) is 55.1 Å². The van der Waals surface area contributed by atoms with Crippen LogP contribution in [-0.4, -0.2) is 27.1 Å². The molecule has 0 saturated heterocycles. The van der Waals surface area contributed by atoms with Crippen LogP contribution in [0.25, 0.3) is 0 Å². The molecule has 5 nitrogen and oxygen atoms in total. The third kappa shape index (κ3) is 3.50. The van der Waals surface area contributed by atoms with Crippen molar-refractivity contribution >= 4 is 5.97 Å². The van der Waals surface area contributed by atoms with Crippen molar-refractivity contribution in [2.24, 2.45) is 5.92 Å². The Bertz CT molecular complexity index is 436. The summed E-state index contributed by atoms with van der Waals surface area (Å²) in [7, 11) is 0. The third-order valence-corrected chi connectivity index (χ3v) is 3.82. The number of carboxylic acids is 1. The summed E-state index contributed by atoms with van der Waals surface area (Å²) >= 11 is 0. The van der Waals surface area contributed by atoms with E-state index in [9.17, 15) is 4.79 Å². The smallest absolute Gasteiger partial charge is 0.339 e. The first-order chi connectivity index (χ1) is 9.22. The number of aromatic carboxylic acids is 1. The van der Waals surface area contributed by atoms with Crippen molar-refractivity contribution in [2.75, 3.05) is 0 Å². The zero-order valence-corrected chi connectivity index (χ0v) is 11.2. The lowest BCUT2D eigenvalue weighted by Crippen LogP contribution is -2.27. The van der Waals surface area contributed by atoms with Crippen LogP contribution in [0, 0.1) is 5.92 Å². The summed E-state index contributed by atoms with van der Waals surface area (Å²) < 4.78 is 5.91. The molecule has 0 spiro atoms. The topological polar surface area (TPSA) is 72.3 Å². The minimum absolute atomic E-state index is 0.131. The van der Waals surface area contributed by atoms with E-state index in [2.05, 4.69) is 16.9 Å². The van der Waals surface area contributed by atoms with E-state index in [1.807, 2.05) is 0 Å². The van der Waals surface area contributed by atoms with Gasteiger partial charge in [0.1, 0.15) is 11.9 Å². The van der Waals surface area contributed by atoms with Gasteiger partial charge in [0.15, 0.2) is 0 Å². The molecule has 1 aromatic rings. The zero-order chi connectivity index (χ0) is 13.7. The Kier molecular flexibility index (Phi) is 4.85. The van der Waals surface area contributed by atoms with Gasteiger partial charge in [0.05, 0.1) is 18.4 Å². The summed E-state index contributed by atoms with van der Waals surface area (Å²) in [6.45, 7) is 2.44. The fraction of sp³-hybridized carbons (Fsp3) is 0.643. The first-order valence-corrected chi connectivity index (χ1v) is 6.86. The molecule has 0 aliphatic heterocycles. The number of rotatable bonds is 5. The van der Waals surface area contributed by atoms with E-state index in [-0.39, 0.29) is 18.3 Å². The quantitative estimate of drug-likeness (QED) is 0.885. The second-order valence-corrected chi connectivity index (χ2v) is 4.99. The predicted octanol–water partition coefficient (Wildman–Crippen LogP) is 2.66. The Labute approximate surface area is 113 Å². The Balaban J connectivity index is 2.00. The normalized spacial score (nSPS) is 23.2. The number of carbonyl (C=O) groups is 1. The van der Waals surface area contributed by atoms with Gasteiger partial charge in [0.2, 0.25) is 0 Å². The molecule has 2 atom stereocenters. The maximum absolute atomic E-state index is 11.1. The van der Waals surface area contributed by atoms with Crippen LogP contribution in [0.3, 0.4) is 0 Å². The van der Waals surface area contributed by atoms with Crippen LogP contribution < -0.4 is 0 Å². The second kappa shape index (κ2) is 6.61. The van der Waals surface area contributed by atoms with Gasteiger partial charge < -0.3 is 9.84 Å². The summed E-state index contributed by atoms with van der Waals surface area (Å²) in [6.07, 6.45) is 8.76. The van der Waals surface area contributed by atoms with Gasteiger partial charge in [-0.05, 0) is 18.8 Å². The lowest BCUT2D eigenvalue weighted by molar-refractivity contribution is -0.0238. The van der Waals surface area contributed by atoms with Gasteiger partial charge in [-0.2, -0.15) is 0 Å². The van der Waals surface area contributed by atoms with Gasteiger partial charge in [-0.15, -0.1) is 0 Å². The average molecular weight is 264 g/mol. The average Bonchev–Trinajstić information content (AvgIpc) is 2.45. The number of aromatic nitrogens is 2. The number of carboxylic acid groups (broad SMARTS) is 1. The van der Waals surface area contributed by atoms with Gasteiger partial charge in [-0.25, -0.2) is 14.8 Å². The van der Waals surface area contributed by atoms with Crippen molar-refractivity contribution in [2.45, 2.75) is 51.7 Å². The van der Waals surface area contributed by atoms with Crippen LogP contribution in [0.5, 0.6) is 0 Å². The Morgan fingerprint density at radius 2 is 2.26 bits per heavy atom. The number of hydrogen-bond acceptors (Lipinski definition) is 4. The SMILES string of the molecule is CCC1CCCCC1OCc1ncncc1C(=O)O. The van der Waals surface area contributed by atoms with Gasteiger partial charge in [-0.1, -0.05) is 26.2 Å². The van der Waals surface area contributed by atoms with Gasteiger partial charge >= 0.3 is 5.97 Å². The van der Waals surface area contributed by atoms with Crippen molar-refractivity contribution < 1.29 is 14.6 Å². The monoisotopic (exact) mass is 264 g/mol. The van der Waals surface area contributed by atoms with E-state index in [0.717, 1.165) is 12.8 Å². The van der Waals surface area contributed by atoms with Crippen LogP contribution in [0.4, 0.5) is 0 Å². The highest BCUT2D eigenvalue weighted by Crippen LogP contribution is 2.29. The van der Waals surface area contributed by atoms with E-state index >= 15 is 0 Å². The lowest BCUT2D eigenvalue weighted by atomic mass is 9.85. The number of hydrogen-bond donors (Lipinski definition) is 1. The first-order valence-electron chi connectivity index (χ1n) is 6.86. The van der Waals surface area contributed by atoms with Crippen molar-refractivity contribution in [3.63, 3.8) is 0 Å². The number of nitrogens with zero attached hydrogens (tertiary/aromatic N) is 2. The van der Waals surface area contributed by atoms with E-state index < -0.39 is 5.97 Å². The lowest BCUT2D eigenvalue weighted by Gasteiger charge is -2.30. The summed E-state index contributed by atoms with van der Waals surface area (Å²) in [5, 5.41) is 9.07. The molecule has 0 bridgehead atoms. The summed E-state index contributed by atoms with van der Waals surface area (Å²) in [4.78, 5) is 18.8. The molecule has 0 aromatic carbocycles. The molecule has 1 N–H and O–H groups in total. The largest absolute Gasteiger partial charge is 0.478 e. The maximum Gasteiger partial charge on any atom is 0.339 e. The molecule has 0 amide bonds. The third-order valence-electron chi connectivity index (χ3n) is 3.82. The minimum atomic E-state index is -1.00. The van der Waals surface area contributed by atoms with Crippen LogP contribution in [0.2, 0.25) is 0 Å². The minimum Gasteiger partial charge on any atom is -0.478 e. The molecule has 1 aliphatic rings. The molecule has 1 saturated carbocycles. The van der Waals surface area contributed by atoms with E-state index in [4.69, 9.17) is 9.84 Å².